The van der Waals surface area contributed by atoms with Crippen LogP contribution in [0.15, 0.2) is 59.2 Å². The molecule has 0 amide bonds. The fourth-order valence-corrected chi connectivity index (χ4v) is 2.77. The molecule has 0 saturated heterocycles. The molecule has 1 heterocycles. The Bertz CT molecular complexity index is 758. The van der Waals surface area contributed by atoms with E-state index in [4.69, 9.17) is 11.6 Å². The molecule has 0 spiro atoms. The van der Waals surface area contributed by atoms with E-state index in [0.29, 0.717) is 6.54 Å². The van der Waals surface area contributed by atoms with Crippen LogP contribution in [0.3, 0.4) is 0 Å². The zero-order valence-corrected chi connectivity index (χ0v) is 12.9. The van der Waals surface area contributed by atoms with Crippen LogP contribution in [0.5, 0.6) is 0 Å². The fourth-order valence-electron chi connectivity index (χ4n) is 2.03. The molecule has 3 rings (SSSR count). The lowest BCUT2D eigenvalue weighted by Crippen LogP contribution is -2.00. The number of pyridine rings is 1. The maximum Gasteiger partial charge on any atom is 0.0703 e. The smallest absolute Gasteiger partial charge is 0.0703 e. The molecule has 1 aromatic heterocycles. The molecule has 0 radical (unpaired) electrons. The standard InChI is InChI=1S/C16H12BrClN2/c17-13-6-5-12(15(18)8-13)9-19-14-7-11-3-1-2-4-16(11)20-10-14/h1-8,10,19H,9H2. The van der Waals surface area contributed by atoms with Crippen LogP contribution in [0.2, 0.25) is 5.02 Å². The Labute approximate surface area is 130 Å². The van der Waals surface area contributed by atoms with Crippen LogP contribution >= 0.6 is 27.5 Å². The number of nitrogens with zero attached hydrogens (tertiary/aromatic N) is 1. The van der Waals surface area contributed by atoms with Crippen LogP contribution in [0.4, 0.5) is 5.69 Å². The van der Waals surface area contributed by atoms with Crippen molar-refractivity contribution in [3.8, 4) is 0 Å². The molecule has 0 aliphatic carbocycles. The number of hydrogen-bond acceptors (Lipinski definition) is 2. The van der Waals surface area contributed by atoms with Crippen molar-refractivity contribution in [1.29, 1.82) is 0 Å². The minimum Gasteiger partial charge on any atom is -0.380 e. The molecule has 2 aromatic carbocycles. The van der Waals surface area contributed by atoms with Gasteiger partial charge in [0.15, 0.2) is 0 Å². The number of rotatable bonds is 3. The second kappa shape index (κ2) is 5.81. The van der Waals surface area contributed by atoms with Crippen molar-refractivity contribution in [2.75, 3.05) is 5.32 Å². The summed E-state index contributed by atoms with van der Waals surface area (Å²) in [5.74, 6) is 0. The van der Waals surface area contributed by atoms with Gasteiger partial charge in [0.25, 0.3) is 0 Å². The highest BCUT2D eigenvalue weighted by atomic mass is 79.9. The van der Waals surface area contributed by atoms with Crippen molar-refractivity contribution in [3.63, 3.8) is 0 Å². The average molecular weight is 348 g/mol. The first-order valence-corrected chi connectivity index (χ1v) is 7.42. The third-order valence-corrected chi connectivity index (χ3v) is 3.93. The molecule has 1 N–H and O–H groups in total. The van der Waals surface area contributed by atoms with Crippen molar-refractivity contribution in [2.24, 2.45) is 0 Å². The van der Waals surface area contributed by atoms with Gasteiger partial charge in [-0.3, -0.25) is 4.98 Å². The monoisotopic (exact) mass is 346 g/mol. The quantitative estimate of drug-likeness (QED) is 0.699. The molecule has 0 unspecified atom stereocenters. The van der Waals surface area contributed by atoms with Crippen LogP contribution in [-0.2, 0) is 6.54 Å². The highest BCUT2D eigenvalue weighted by Gasteiger charge is 2.02. The van der Waals surface area contributed by atoms with Gasteiger partial charge in [0.05, 0.1) is 17.4 Å². The summed E-state index contributed by atoms with van der Waals surface area (Å²) in [6, 6.07) is 16.1. The molecule has 0 saturated carbocycles. The van der Waals surface area contributed by atoms with E-state index in [1.807, 2.05) is 42.6 Å². The number of aromatic nitrogens is 1. The second-order valence-corrected chi connectivity index (χ2v) is 5.83. The summed E-state index contributed by atoms with van der Waals surface area (Å²) in [5, 5.41) is 5.23. The van der Waals surface area contributed by atoms with Gasteiger partial charge < -0.3 is 5.32 Å². The van der Waals surface area contributed by atoms with Crippen LogP contribution in [0, 0.1) is 0 Å². The van der Waals surface area contributed by atoms with E-state index < -0.39 is 0 Å². The van der Waals surface area contributed by atoms with Crippen molar-refractivity contribution in [3.05, 3.63) is 69.8 Å². The van der Waals surface area contributed by atoms with E-state index in [-0.39, 0.29) is 0 Å². The van der Waals surface area contributed by atoms with E-state index in [0.717, 1.165) is 31.6 Å². The summed E-state index contributed by atoms with van der Waals surface area (Å²) < 4.78 is 0.985. The van der Waals surface area contributed by atoms with Crippen LogP contribution in [-0.4, -0.2) is 4.98 Å². The van der Waals surface area contributed by atoms with E-state index in [9.17, 15) is 0 Å². The Morgan fingerprint density at radius 3 is 2.80 bits per heavy atom. The van der Waals surface area contributed by atoms with Gasteiger partial charge in [-0.2, -0.15) is 0 Å². The minimum atomic E-state index is 0.673. The first-order chi connectivity index (χ1) is 9.72. The average Bonchev–Trinajstić information content (AvgIpc) is 2.46. The van der Waals surface area contributed by atoms with Crippen molar-refractivity contribution >= 4 is 44.1 Å². The Morgan fingerprint density at radius 1 is 1.10 bits per heavy atom. The summed E-state index contributed by atoms with van der Waals surface area (Å²) in [7, 11) is 0. The summed E-state index contributed by atoms with van der Waals surface area (Å²) in [5.41, 5.74) is 3.05. The lowest BCUT2D eigenvalue weighted by molar-refractivity contribution is 1.14. The van der Waals surface area contributed by atoms with E-state index in [1.165, 1.54) is 0 Å². The number of anilines is 1. The van der Waals surface area contributed by atoms with Gasteiger partial charge in [0.2, 0.25) is 0 Å². The molecular weight excluding hydrogens is 336 g/mol. The van der Waals surface area contributed by atoms with Crippen LogP contribution in [0.1, 0.15) is 5.56 Å². The summed E-state index contributed by atoms with van der Waals surface area (Å²) in [6.45, 7) is 0.673. The molecular formula is C16H12BrClN2. The number of fused-ring (bicyclic) bond motifs is 1. The molecule has 20 heavy (non-hydrogen) atoms. The summed E-state index contributed by atoms with van der Waals surface area (Å²) >= 11 is 9.61. The number of para-hydroxylation sites is 1. The Morgan fingerprint density at radius 2 is 1.95 bits per heavy atom. The van der Waals surface area contributed by atoms with Crippen molar-refractivity contribution in [2.45, 2.75) is 6.54 Å². The Hall–Kier alpha value is -1.58. The molecule has 0 bridgehead atoms. The van der Waals surface area contributed by atoms with E-state index in [1.54, 1.807) is 0 Å². The van der Waals surface area contributed by atoms with Gasteiger partial charge in [0.1, 0.15) is 0 Å². The van der Waals surface area contributed by atoms with Gasteiger partial charge in [-0.1, -0.05) is 51.8 Å². The molecule has 2 nitrogen and oxygen atoms in total. The zero-order chi connectivity index (χ0) is 13.9. The number of benzene rings is 2. The maximum atomic E-state index is 6.21. The zero-order valence-electron chi connectivity index (χ0n) is 10.6. The normalized spacial score (nSPS) is 10.7. The minimum absolute atomic E-state index is 0.673. The molecule has 4 heteroatoms. The molecule has 100 valence electrons. The number of nitrogens with one attached hydrogen (secondary N) is 1. The fraction of sp³-hybridized carbons (Fsp3) is 0.0625. The topological polar surface area (TPSA) is 24.9 Å². The third kappa shape index (κ3) is 2.94. The molecule has 3 aromatic rings. The highest BCUT2D eigenvalue weighted by Crippen LogP contribution is 2.23. The lowest BCUT2D eigenvalue weighted by atomic mass is 10.2. The largest absolute Gasteiger partial charge is 0.380 e. The Balaban J connectivity index is 1.79. The predicted octanol–water partition coefficient (Wildman–Crippen LogP) is 5.26. The summed E-state index contributed by atoms with van der Waals surface area (Å²) in [6.07, 6.45) is 1.84. The van der Waals surface area contributed by atoms with Gasteiger partial charge in [-0.25, -0.2) is 0 Å². The van der Waals surface area contributed by atoms with E-state index >= 15 is 0 Å². The lowest BCUT2D eigenvalue weighted by Gasteiger charge is -2.09. The molecule has 0 fully saturated rings. The second-order valence-electron chi connectivity index (χ2n) is 4.51. The van der Waals surface area contributed by atoms with Crippen molar-refractivity contribution < 1.29 is 0 Å². The van der Waals surface area contributed by atoms with E-state index in [2.05, 4.69) is 38.4 Å². The molecule has 0 aliphatic rings. The van der Waals surface area contributed by atoms with Gasteiger partial charge in [0, 0.05) is 21.4 Å². The third-order valence-electron chi connectivity index (χ3n) is 3.09. The van der Waals surface area contributed by atoms with Gasteiger partial charge in [-0.05, 0) is 29.8 Å². The predicted molar refractivity (Wildman–Crippen MR) is 88.2 cm³/mol. The highest BCUT2D eigenvalue weighted by molar-refractivity contribution is 9.10. The SMILES string of the molecule is Clc1cc(Br)ccc1CNc1cnc2ccccc2c1. The number of hydrogen-bond donors (Lipinski definition) is 1. The van der Waals surface area contributed by atoms with Gasteiger partial charge >= 0.3 is 0 Å². The van der Waals surface area contributed by atoms with Crippen molar-refractivity contribution in [1.82, 2.24) is 4.98 Å². The Kier molecular flexibility index (Phi) is 3.90. The van der Waals surface area contributed by atoms with Crippen LogP contribution in [0.25, 0.3) is 10.9 Å². The first-order valence-electron chi connectivity index (χ1n) is 6.25. The van der Waals surface area contributed by atoms with Crippen LogP contribution < -0.4 is 5.32 Å². The first kappa shape index (κ1) is 13.4. The molecule has 0 aliphatic heterocycles. The number of halogens is 2. The van der Waals surface area contributed by atoms with Gasteiger partial charge in [-0.15, -0.1) is 0 Å². The summed E-state index contributed by atoms with van der Waals surface area (Å²) in [4.78, 5) is 4.43. The maximum absolute atomic E-state index is 6.21. The molecule has 0 atom stereocenters.